The van der Waals surface area contributed by atoms with E-state index in [2.05, 4.69) is 10.5 Å². The number of benzene rings is 1. The van der Waals surface area contributed by atoms with Crippen LogP contribution in [0.5, 0.6) is 0 Å². The molecule has 0 unspecified atom stereocenters. The van der Waals surface area contributed by atoms with Crippen molar-refractivity contribution in [3.05, 3.63) is 29.8 Å². The molecule has 1 nitrogen and oxygen atoms in total. The Bertz CT molecular complexity index is 299. The number of aromatic nitrogens is 1. The van der Waals surface area contributed by atoms with Crippen LogP contribution in [0.3, 0.4) is 0 Å². The molecule has 0 amide bonds. The van der Waals surface area contributed by atoms with Gasteiger partial charge in [0.1, 0.15) is 0 Å². The van der Waals surface area contributed by atoms with Crippen LogP contribution in [0, 0.1) is 5.51 Å². The van der Waals surface area contributed by atoms with Crippen molar-refractivity contribution >= 4 is 21.6 Å². The van der Waals surface area contributed by atoms with Crippen molar-refractivity contribution in [2.75, 3.05) is 0 Å². The van der Waals surface area contributed by atoms with Crippen molar-refractivity contribution in [2.45, 2.75) is 7.43 Å². The van der Waals surface area contributed by atoms with Gasteiger partial charge in [-0.15, -0.1) is 16.8 Å². The standard InChI is InChI=1S/C7H4NS.CH4.3ClH.V/c1-2-4-7-6(3-1)8-5-9-7;;;;;/h1-4H;1H4;3*1H;/q-1;;;;;+4/p-3. The molecule has 1 radical (unpaired) electrons. The first-order valence-corrected chi connectivity index (χ1v) is 3.50. The third-order valence-electron chi connectivity index (χ3n) is 1.19. The predicted molar refractivity (Wildman–Crippen MR) is 45.2 cm³/mol. The fraction of sp³-hybridized carbons (Fsp3) is 0.125. The third-order valence-corrected chi connectivity index (χ3v) is 1.93. The van der Waals surface area contributed by atoms with Crippen LogP contribution < -0.4 is 37.2 Å². The van der Waals surface area contributed by atoms with Gasteiger partial charge in [-0.25, -0.2) is 0 Å². The van der Waals surface area contributed by atoms with Gasteiger partial charge in [-0.05, 0) is 5.51 Å². The van der Waals surface area contributed by atoms with Crippen molar-refractivity contribution in [1.82, 2.24) is 4.98 Å². The molecule has 0 saturated heterocycles. The Hall–Kier alpha value is 0.564. The number of fused-ring (bicyclic) bond motifs is 1. The fourth-order valence-corrected chi connectivity index (χ4v) is 1.36. The summed E-state index contributed by atoms with van der Waals surface area (Å²) in [4.78, 5) is 4.01. The van der Waals surface area contributed by atoms with Gasteiger partial charge in [0.15, 0.2) is 0 Å². The molecule has 2 aromatic rings. The number of hydrogen-bond acceptors (Lipinski definition) is 2. The number of hydrogen-bond donors (Lipinski definition) is 0. The van der Waals surface area contributed by atoms with Crippen molar-refractivity contribution in [2.24, 2.45) is 0 Å². The van der Waals surface area contributed by atoms with Crippen LogP contribution in [0.4, 0.5) is 0 Å². The maximum Gasteiger partial charge on any atom is 4.00 e. The molecule has 1 aromatic carbocycles. The maximum atomic E-state index is 4.01. The summed E-state index contributed by atoms with van der Waals surface area (Å²) in [5.74, 6) is 0. The summed E-state index contributed by atoms with van der Waals surface area (Å²) in [6, 6.07) is 8.02. The number of halogens is 3. The second-order valence-electron chi connectivity index (χ2n) is 1.77. The van der Waals surface area contributed by atoms with Gasteiger partial charge in [-0.1, -0.05) is 25.1 Å². The van der Waals surface area contributed by atoms with E-state index >= 15 is 0 Å². The van der Waals surface area contributed by atoms with Gasteiger partial charge in [0, 0.05) is 0 Å². The molecule has 0 aliphatic heterocycles. The van der Waals surface area contributed by atoms with E-state index in [4.69, 9.17) is 0 Å². The minimum Gasteiger partial charge on any atom is -1.00 e. The van der Waals surface area contributed by atoms with Crippen LogP contribution in [0.25, 0.3) is 10.2 Å². The SMILES string of the molecule is C.[Cl-].[Cl-].[Cl-].[V+4].[c-]1nc2ccccc2s1. The Morgan fingerprint density at radius 2 is 1.64 bits per heavy atom. The molecular formula is C8H8Cl3NSV. The van der Waals surface area contributed by atoms with Gasteiger partial charge in [0.05, 0.1) is 0 Å². The largest absolute Gasteiger partial charge is 4.00 e. The summed E-state index contributed by atoms with van der Waals surface area (Å²) in [7, 11) is 0. The van der Waals surface area contributed by atoms with Crippen LogP contribution in [-0.4, -0.2) is 4.98 Å². The molecule has 0 aliphatic carbocycles. The van der Waals surface area contributed by atoms with Gasteiger partial charge in [0.2, 0.25) is 0 Å². The Morgan fingerprint density at radius 3 is 2.21 bits per heavy atom. The molecule has 0 bridgehead atoms. The van der Waals surface area contributed by atoms with Crippen LogP contribution in [0.15, 0.2) is 24.3 Å². The summed E-state index contributed by atoms with van der Waals surface area (Å²) in [5, 5.41) is 0. The Balaban J connectivity index is -0.0000001000. The number of para-hydroxylation sites is 1. The summed E-state index contributed by atoms with van der Waals surface area (Å²) in [6.45, 7) is 0. The van der Waals surface area contributed by atoms with Crippen LogP contribution in [0.2, 0.25) is 0 Å². The maximum absolute atomic E-state index is 4.01. The molecule has 6 heteroatoms. The van der Waals surface area contributed by atoms with Gasteiger partial charge >= 0.3 is 18.6 Å². The van der Waals surface area contributed by atoms with Crippen LogP contribution >= 0.6 is 11.3 Å². The zero-order chi connectivity index (χ0) is 6.10. The molecule has 2 rings (SSSR count). The topological polar surface area (TPSA) is 12.9 Å². The first kappa shape index (κ1) is 24.0. The first-order chi connectivity index (χ1) is 4.47. The molecule has 0 spiro atoms. The van der Waals surface area contributed by atoms with Crippen molar-refractivity contribution < 1.29 is 55.8 Å². The molecule has 1 heterocycles. The zero-order valence-electron chi connectivity index (χ0n) is 6.25. The van der Waals surface area contributed by atoms with Crippen molar-refractivity contribution in [1.29, 1.82) is 0 Å². The number of rotatable bonds is 0. The summed E-state index contributed by atoms with van der Waals surface area (Å²) in [5.41, 5.74) is 3.87. The van der Waals surface area contributed by atoms with E-state index in [-0.39, 0.29) is 63.2 Å². The summed E-state index contributed by atoms with van der Waals surface area (Å²) < 4.78 is 1.21. The molecule has 0 aliphatic rings. The van der Waals surface area contributed by atoms with Crippen molar-refractivity contribution in [3.8, 4) is 0 Å². The third kappa shape index (κ3) is 5.45. The van der Waals surface area contributed by atoms with Crippen LogP contribution in [-0.2, 0) is 18.6 Å². The van der Waals surface area contributed by atoms with Gasteiger partial charge in [0.25, 0.3) is 0 Å². The molecule has 14 heavy (non-hydrogen) atoms. The number of thiazole rings is 1. The Kier molecular flexibility index (Phi) is 20.0. The summed E-state index contributed by atoms with van der Waals surface area (Å²) in [6.07, 6.45) is 0. The quantitative estimate of drug-likeness (QED) is 0.442. The van der Waals surface area contributed by atoms with Gasteiger partial charge in [-0.3, -0.25) is 11.3 Å². The summed E-state index contributed by atoms with van der Waals surface area (Å²) >= 11 is 1.55. The molecule has 77 valence electrons. The van der Waals surface area contributed by atoms with Crippen LogP contribution in [0.1, 0.15) is 7.43 Å². The van der Waals surface area contributed by atoms with E-state index in [9.17, 15) is 0 Å². The normalized spacial score (nSPS) is 6.57. The molecule has 1 aromatic heterocycles. The van der Waals surface area contributed by atoms with Gasteiger partial charge in [-0.2, -0.15) is 0 Å². The fourth-order valence-electron chi connectivity index (χ4n) is 0.757. The monoisotopic (exact) mass is 306 g/mol. The second-order valence-corrected chi connectivity index (χ2v) is 2.60. The van der Waals surface area contributed by atoms with E-state index in [0.717, 1.165) is 5.52 Å². The average Bonchev–Trinajstić information content (AvgIpc) is 2.33. The second kappa shape index (κ2) is 11.6. The molecular weight excluding hydrogens is 299 g/mol. The average molecular weight is 308 g/mol. The van der Waals surface area contributed by atoms with Crippen molar-refractivity contribution in [3.63, 3.8) is 0 Å². The predicted octanol–water partition coefficient (Wildman–Crippen LogP) is -6.26. The first-order valence-electron chi connectivity index (χ1n) is 2.68. The molecule has 0 saturated carbocycles. The Morgan fingerprint density at radius 1 is 1.07 bits per heavy atom. The molecule has 0 atom stereocenters. The van der Waals surface area contributed by atoms with E-state index in [0.29, 0.717) is 0 Å². The van der Waals surface area contributed by atoms with E-state index in [1.807, 2.05) is 24.3 Å². The molecule has 0 fully saturated rings. The Labute approximate surface area is 119 Å². The van der Waals surface area contributed by atoms with E-state index in [1.165, 1.54) is 4.70 Å². The minimum absolute atomic E-state index is 0. The number of nitrogens with zero attached hydrogens (tertiary/aromatic N) is 1. The smallest absolute Gasteiger partial charge is 1.00 e. The van der Waals surface area contributed by atoms with E-state index in [1.54, 1.807) is 11.3 Å². The van der Waals surface area contributed by atoms with Gasteiger partial charge < -0.3 is 42.2 Å². The minimum atomic E-state index is 0. The molecule has 0 N–H and O–H groups in total. The van der Waals surface area contributed by atoms with E-state index < -0.39 is 0 Å². The zero-order valence-corrected chi connectivity index (χ0v) is 10.7.